The molecular formula is C16H25F3O3Si. The van der Waals surface area contributed by atoms with Crippen molar-refractivity contribution < 1.29 is 26.4 Å². The maximum Gasteiger partial charge on any atom is 0.537 e. The number of hydrogen-bond donors (Lipinski definition) is 0. The summed E-state index contributed by atoms with van der Waals surface area (Å²) in [6.07, 6.45) is -2.03. The van der Waals surface area contributed by atoms with Crippen LogP contribution in [0.5, 0.6) is 0 Å². The molecule has 1 aromatic rings. The van der Waals surface area contributed by atoms with Crippen molar-refractivity contribution in [1.82, 2.24) is 0 Å². The molecule has 0 bridgehead atoms. The molecule has 1 rings (SSSR count). The third-order valence-corrected chi connectivity index (χ3v) is 5.85. The molecular weight excluding hydrogens is 325 g/mol. The highest BCUT2D eigenvalue weighted by molar-refractivity contribution is 6.75. The summed E-state index contributed by atoms with van der Waals surface area (Å²) in [5.74, 6) is 0. The van der Waals surface area contributed by atoms with Crippen LogP contribution < -0.4 is 5.19 Å². The highest BCUT2D eigenvalue weighted by Crippen LogP contribution is 2.28. The van der Waals surface area contributed by atoms with Crippen LogP contribution in [0.15, 0.2) is 24.3 Å². The lowest BCUT2D eigenvalue weighted by Gasteiger charge is -2.30. The smallest absolute Gasteiger partial charge is 0.370 e. The average molecular weight is 350 g/mol. The lowest BCUT2D eigenvalue weighted by atomic mass is 10.2. The fourth-order valence-corrected chi connectivity index (χ4v) is 4.69. The van der Waals surface area contributed by atoms with Gasteiger partial charge in [-0.25, -0.2) is 0 Å². The Morgan fingerprint density at radius 2 is 1.17 bits per heavy atom. The van der Waals surface area contributed by atoms with Gasteiger partial charge in [0.25, 0.3) is 0 Å². The number of hydrogen-bond acceptors (Lipinski definition) is 3. The molecule has 0 heterocycles. The molecule has 0 N–H and O–H groups in total. The van der Waals surface area contributed by atoms with Crippen molar-refractivity contribution in [3.63, 3.8) is 0 Å². The van der Waals surface area contributed by atoms with Gasteiger partial charge in [-0.2, -0.15) is 13.2 Å². The minimum Gasteiger partial charge on any atom is -0.370 e. The number of rotatable bonds is 10. The maximum atomic E-state index is 12.7. The molecule has 1 aromatic carbocycles. The first kappa shape index (κ1) is 20.2. The van der Waals surface area contributed by atoms with Crippen LogP contribution in [0.25, 0.3) is 0 Å². The van der Waals surface area contributed by atoms with E-state index >= 15 is 0 Å². The quantitative estimate of drug-likeness (QED) is 0.594. The monoisotopic (exact) mass is 350 g/mol. The van der Waals surface area contributed by atoms with Gasteiger partial charge in [-0.3, -0.25) is 0 Å². The lowest BCUT2D eigenvalue weighted by Crippen LogP contribution is -2.57. The second kappa shape index (κ2) is 9.41. The summed E-state index contributed by atoms with van der Waals surface area (Å²) in [7, 11) is -3.18. The van der Waals surface area contributed by atoms with E-state index in [2.05, 4.69) is 0 Å². The topological polar surface area (TPSA) is 27.7 Å². The van der Waals surface area contributed by atoms with Crippen molar-refractivity contribution in [2.24, 2.45) is 0 Å². The molecule has 0 aliphatic rings. The molecule has 0 amide bonds. The Balaban J connectivity index is 3.12. The SMILES string of the molecule is CCCO[Si](OCCC)(OCCC)c1ccc(C(F)(F)F)cc1. The first-order valence-corrected chi connectivity index (χ1v) is 9.71. The van der Waals surface area contributed by atoms with E-state index in [4.69, 9.17) is 13.3 Å². The van der Waals surface area contributed by atoms with Gasteiger partial charge in [-0.05, 0) is 31.4 Å². The zero-order valence-electron chi connectivity index (χ0n) is 13.9. The van der Waals surface area contributed by atoms with E-state index in [1.807, 2.05) is 20.8 Å². The predicted molar refractivity (Wildman–Crippen MR) is 85.6 cm³/mol. The first-order chi connectivity index (χ1) is 10.9. The molecule has 0 radical (unpaired) electrons. The van der Waals surface area contributed by atoms with Gasteiger partial charge in [-0.1, -0.05) is 32.9 Å². The van der Waals surface area contributed by atoms with Gasteiger partial charge in [0.1, 0.15) is 0 Å². The molecule has 0 saturated heterocycles. The Hall–Kier alpha value is -0.893. The van der Waals surface area contributed by atoms with Crippen LogP contribution in [0.2, 0.25) is 0 Å². The molecule has 132 valence electrons. The molecule has 0 atom stereocenters. The zero-order chi connectivity index (χ0) is 17.3. The van der Waals surface area contributed by atoms with E-state index < -0.39 is 20.5 Å². The van der Waals surface area contributed by atoms with E-state index in [-0.39, 0.29) is 0 Å². The molecule has 23 heavy (non-hydrogen) atoms. The predicted octanol–water partition coefficient (Wildman–Crippen LogP) is 4.13. The molecule has 0 saturated carbocycles. The van der Waals surface area contributed by atoms with Crippen LogP contribution in [-0.2, 0) is 19.5 Å². The summed E-state index contributed by atoms with van der Waals surface area (Å²) < 4.78 is 55.9. The molecule has 0 aromatic heterocycles. The Labute approximate surface area is 137 Å². The first-order valence-electron chi connectivity index (χ1n) is 7.99. The summed E-state index contributed by atoms with van der Waals surface area (Å²) in [5.41, 5.74) is -0.689. The van der Waals surface area contributed by atoms with Crippen molar-refractivity contribution in [1.29, 1.82) is 0 Å². The molecule has 0 fully saturated rings. The van der Waals surface area contributed by atoms with Gasteiger partial charge >= 0.3 is 15.0 Å². The van der Waals surface area contributed by atoms with E-state index in [0.29, 0.717) is 25.0 Å². The minimum absolute atomic E-state index is 0.445. The summed E-state index contributed by atoms with van der Waals surface area (Å²) in [6.45, 7) is 7.23. The van der Waals surface area contributed by atoms with Crippen molar-refractivity contribution >= 4 is 14.0 Å². The van der Waals surface area contributed by atoms with Gasteiger partial charge in [-0.15, -0.1) is 0 Å². The van der Waals surface area contributed by atoms with Crippen molar-refractivity contribution in [3.05, 3.63) is 29.8 Å². The summed E-state index contributed by atoms with van der Waals surface area (Å²) in [6, 6.07) is 4.93. The summed E-state index contributed by atoms with van der Waals surface area (Å²) in [4.78, 5) is 0. The van der Waals surface area contributed by atoms with Gasteiger partial charge in [0.05, 0.1) is 5.56 Å². The molecule has 0 spiro atoms. The van der Waals surface area contributed by atoms with Crippen LogP contribution in [0.1, 0.15) is 45.6 Å². The third-order valence-electron chi connectivity index (χ3n) is 3.05. The second-order valence-electron chi connectivity index (χ2n) is 5.18. The number of benzene rings is 1. The Bertz CT molecular complexity index is 427. The normalized spacial score (nSPS) is 12.6. The molecule has 0 aliphatic carbocycles. The number of alkyl halides is 3. The lowest BCUT2D eigenvalue weighted by molar-refractivity contribution is -0.137. The van der Waals surface area contributed by atoms with E-state index in [0.717, 1.165) is 31.4 Å². The minimum atomic E-state index is -4.36. The Kier molecular flexibility index (Phi) is 8.25. The summed E-state index contributed by atoms with van der Waals surface area (Å²) in [5, 5.41) is 0.570. The maximum absolute atomic E-state index is 12.7. The largest absolute Gasteiger partial charge is 0.537 e. The van der Waals surface area contributed by atoms with E-state index in [1.165, 1.54) is 12.1 Å². The van der Waals surface area contributed by atoms with Crippen LogP contribution in [0.4, 0.5) is 13.2 Å². The van der Waals surface area contributed by atoms with E-state index in [1.54, 1.807) is 0 Å². The highest BCUT2D eigenvalue weighted by atomic mass is 28.4. The van der Waals surface area contributed by atoms with Crippen molar-refractivity contribution in [3.8, 4) is 0 Å². The van der Waals surface area contributed by atoms with Crippen molar-refractivity contribution in [2.75, 3.05) is 19.8 Å². The van der Waals surface area contributed by atoms with Gasteiger partial charge < -0.3 is 13.3 Å². The molecule has 0 unspecified atom stereocenters. The van der Waals surface area contributed by atoms with Gasteiger partial charge in [0, 0.05) is 25.0 Å². The fourth-order valence-electron chi connectivity index (χ4n) is 1.95. The average Bonchev–Trinajstić information content (AvgIpc) is 2.54. The number of halogens is 3. The molecule has 0 aliphatic heterocycles. The van der Waals surface area contributed by atoms with Crippen LogP contribution >= 0.6 is 0 Å². The molecule has 3 nitrogen and oxygen atoms in total. The fraction of sp³-hybridized carbons (Fsp3) is 0.625. The third kappa shape index (κ3) is 5.91. The Morgan fingerprint density at radius 3 is 1.48 bits per heavy atom. The van der Waals surface area contributed by atoms with Crippen LogP contribution in [0, 0.1) is 0 Å². The summed E-state index contributed by atoms with van der Waals surface area (Å²) >= 11 is 0. The van der Waals surface area contributed by atoms with Crippen molar-refractivity contribution in [2.45, 2.75) is 46.2 Å². The van der Waals surface area contributed by atoms with Gasteiger partial charge in [0.15, 0.2) is 0 Å². The second-order valence-corrected chi connectivity index (χ2v) is 7.73. The van der Waals surface area contributed by atoms with Gasteiger partial charge in [0.2, 0.25) is 0 Å². The van der Waals surface area contributed by atoms with E-state index in [9.17, 15) is 13.2 Å². The standard InChI is InChI=1S/C16H25F3O3Si/c1-4-11-20-23(21-12-5-2,22-13-6-3)15-9-7-14(8-10-15)16(17,18)19/h7-10H,4-6,11-13H2,1-3H3. The van der Waals surface area contributed by atoms with Crippen LogP contribution in [0.3, 0.4) is 0 Å². The molecule has 7 heteroatoms. The zero-order valence-corrected chi connectivity index (χ0v) is 14.9. The highest BCUT2D eigenvalue weighted by Gasteiger charge is 2.44. The van der Waals surface area contributed by atoms with Crippen LogP contribution in [-0.4, -0.2) is 28.6 Å². The Morgan fingerprint density at radius 1 is 0.783 bits per heavy atom.